The first-order valence-electron chi connectivity index (χ1n) is 17.9. The molecule has 1 unspecified atom stereocenters. The molecule has 0 saturated carbocycles. The molecule has 2 heterocycles. The number of amides is 3. The molecule has 0 aliphatic carbocycles. The molecule has 1 fully saturated rings. The van der Waals surface area contributed by atoms with Crippen molar-refractivity contribution in [3.8, 4) is 0 Å². The lowest BCUT2D eigenvalue weighted by Gasteiger charge is -2.34. The molecule has 1 saturated heterocycles. The van der Waals surface area contributed by atoms with Gasteiger partial charge < -0.3 is 25.8 Å². The van der Waals surface area contributed by atoms with Crippen molar-refractivity contribution < 1.29 is 33.8 Å². The van der Waals surface area contributed by atoms with Crippen LogP contribution >= 0.6 is 11.3 Å². The summed E-state index contributed by atoms with van der Waals surface area (Å²) in [6, 6.07) is 7.51. The fraction of sp³-hybridized carbons (Fsp3) is 0.579. The first kappa shape index (κ1) is 41.3. The third-order valence-corrected chi connectivity index (χ3v) is 10.6. The molecule has 51 heavy (non-hydrogen) atoms. The number of rotatable bonds is 19. The van der Waals surface area contributed by atoms with E-state index in [9.17, 15) is 29.1 Å². The van der Waals surface area contributed by atoms with Crippen LogP contribution in [0.5, 0.6) is 0 Å². The van der Waals surface area contributed by atoms with Crippen molar-refractivity contribution in [2.24, 2.45) is 17.8 Å². The first-order valence-corrected chi connectivity index (χ1v) is 18.8. The minimum Gasteiger partial charge on any atom is -0.481 e. The van der Waals surface area contributed by atoms with Crippen LogP contribution in [0.15, 0.2) is 48.4 Å². The number of aromatic nitrogens is 1. The maximum Gasteiger partial charge on any atom is 0.330 e. The average Bonchev–Trinajstić information content (AvgIpc) is 3.60. The van der Waals surface area contributed by atoms with Gasteiger partial charge in [0.25, 0.3) is 5.91 Å². The van der Waals surface area contributed by atoms with Crippen LogP contribution in [0.25, 0.3) is 0 Å². The fourth-order valence-electron chi connectivity index (χ4n) is 6.16. The summed E-state index contributed by atoms with van der Waals surface area (Å²) in [7, 11) is 1.93. The Kier molecular flexibility index (Phi) is 16.3. The minimum atomic E-state index is -0.952. The topological polar surface area (TPSA) is 167 Å². The molecule has 280 valence electrons. The lowest BCUT2D eigenvalue weighted by atomic mass is 9.94. The number of thiazole rings is 1. The number of carbonyl (C=O) groups excluding carboxylic acids is 4. The number of hydrogen-bond acceptors (Lipinski definition) is 9. The standard InChI is InChI=1S/C38H55N5O7S/c1-8-24(5)33(42-35(46)30-17-13-14-18-43(30)7)36(47)40-28(23(3)4)21-31(50-32(44)9-2)37-41-29(22-51-37)34(45)39-27(19-25(6)38(48)49)20-26-15-11-10-12-16-26/h9-12,15-16,22-25,27-28,30-31,33H,2,8,13-14,17-21H2,1,3-7H3,(H,39,45)(H,40,47)(H,42,46)(H,48,49)/t24-,25-,27?,28+,30+,31+,33-/m0/s1. The van der Waals surface area contributed by atoms with Crippen molar-refractivity contribution in [3.63, 3.8) is 0 Å². The van der Waals surface area contributed by atoms with Gasteiger partial charge in [0.05, 0.1) is 12.0 Å². The molecule has 7 atom stereocenters. The molecule has 12 nitrogen and oxygen atoms in total. The normalized spacial score (nSPS) is 18.4. The number of piperidine rings is 1. The van der Waals surface area contributed by atoms with Crippen LogP contribution in [0, 0.1) is 17.8 Å². The monoisotopic (exact) mass is 725 g/mol. The lowest BCUT2D eigenvalue weighted by Crippen LogP contribution is -2.57. The Balaban J connectivity index is 1.79. The lowest BCUT2D eigenvalue weighted by molar-refractivity contribution is -0.144. The van der Waals surface area contributed by atoms with E-state index < -0.39 is 48.0 Å². The number of nitrogens with zero attached hydrogens (tertiary/aromatic N) is 2. The zero-order chi connectivity index (χ0) is 37.7. The number of benzene rings is 1. The highest BCUT2D eigenvalue weighted by Gasteiger charge is 2.34. The Bertz CT molecular complexity index is 1480. The van der Waals surface area contributed by atoms with E-state index in [1.165, 1.54) is 0 Å². The van der Waals surface area contributed by atoms with E-state index in [0.29, 0.717) is 17.8 Å². The summed E-state index contributed by atoms with van der Waals surface area (Å²) in [6.07, 6.45) is 4.37. The predicted molar refractivity (Wildman–Crippen MR) is 197 cm³/mol. The van der Waals surface area contributed by atoms with Crippen LogP contribution in [-0.4, -0.2) is 82.4 Å². The van der Waals surface area contributed by atoms with Crippen LogP contribution in [0.1, 0.15) is 100 Å². The number of carboxylic acids is 1. The first-order chi connectivity index (χ1) is 24.2. The summed E-state index contributed by atoms with van der Waals surface area (Å²) >= 11 is 1.15. The number of esters is 1. The highest BCUT2D eigenvalue weighted by Crippen LogP contribution is 2.29. The molecule has 2 aromatic rings. The Morgan fingerprint density at radius 1 is 1.06 bits per heavy atom. The number of likely N-dealkylation sites (N-methyl/N-ethyl adjacent to an activating group) is 1. The molecule has 1 aliphatic rings. The van der Waals surface area contributed by atoms with E-state index in [-0.39, 0.29) is 48.2 Å². The Hall–Kier alpha value is -4.10. The number of aliphatic carboxylic acids is 1. The molecule has 3 rings (SSSR count). The van der Waals surface area contributed by atoms with Crippen molar-refractivity contribution in [2.45, 2.75) is 110 Å². The molecular weight excluding hydrogens is 671 g/mol. The van der Waals surface area contributed by atoms with Gasteiger partial charge in [-0.1, -0.05) is 84.4 Å². The summed E-state index contributed by atoms with van der Waals surface area (Å²) in [5.41, 5.74) is 1.06. The number of likely N-dealkylation sites (tertiary alicyclic amines) is 1. The van der Waals surface area contributed by atoms with Gasteiger partial charge in [0.2, 0.25) is 11.8 Å². The molecule has 4 N–H and O–H groups in total. The number of hydrogen-bond donors (Lipinski definition) is 4. The van der Waals surface area contributed by atoms with Gasteiger partial charge in [-0.05, 0) is 56.7 Å². The van der Waals surface area contributed by atoms with E-state index in [2.05, 4.69) is 27.5 Å². The number of ether oxygens (including phenoxy) is 1. The highest BCUT2D eigenvalue weighted by atomic mass is 32.1. The van der Waals surface area contributed by atoms with Gasteiger partial charge in [0.1, 0.15) is 16.7 Å². The van der Waals surface area contributed by atoms with Gasteiger partial charge in [-0.25, -0.2) is 9.78 Å². The summed E-state index contributed by atoms with van der Waals surface area (Å²) in [6.45, 7) is 13.7. The molecule has 0 radical (unpaired) electrons. The van der Waals surface area contributed by atoms with Gasteiger partial charge in [0.15, 0.2) is 6.10 Å². The molecule has 1 aliphatic heterocycles. The SMILES string of the molecule is C=CC(=O)O[C@H](C[C@@H](NC(=O)[C@@H](NC(=O)[C@H]1CCCCN1C)[C@@H](C)CC)C(C)C)c1nc(C(=O)NC(Cc2ccccc2)C[C@H](C)C(=O)O)cs1. The molecule has 13 heteroatoms. The Morgan fingerprint density at radius 2 is 1.76 bits per heavy atom. The molecule has 1 aromatic carbocycles. The van der Waals surface area contributed by atoms with Crippen molar-refractivity contribution in [1.82, 2.24) is 25.8 Å². The van der Waals surface area contributed by atoms with Gasteiger partial charge in [0, 0.05) is 30.0 Å². The molecule has 1 aromatic heterocycles. The molecular formula is C38H55N5O7S. The smallest absolute Gasteiger partial charge is 0.330 e. The summed E-state index contributed by atoms with van der Waals surface area (Å²) in [5, 5.41) is 20.5. The average molecular weight is 726 g/mol. The zero-order valence-electron chi connectivity index (χ0n) is 30.7. The maximum absolute atomic E-state index is 13.8. The van der Waals surface area contributed by atoms with E-state index in [1.54, 1.807) is 12.3 Å². The second kappa shape index (κ2) is 20.1. The fourth-order valence-corrected chi connectivity index (χ4v) is 7.00. The zero-order valence-corrected chi connectivity index (χ0v) is 31.5. The molecule has 3 amide bonds. The van der Waals surface area contributed by atoms with Gasteiger partial charge in [-0.3, -0.25) is 24.1 Å². The third kappa shape index (κ3) is 12.6. The quantitative estimate of drug-likeness (QED) is 0.116. The van der Waals surface area contributed by atoms with E-state index in [4.69, 9.17) is 4.74 Å². The molecule has 0 bridgehead atoms. The second-order valence-electron chi connectivity index (χ2n) is 14.0. The Labute approximate surface area is 305 Å². The van der Waals surface area contributed by atoms with E-state index >= 15 is 0 Å². The minimum absolute atomic E-state index is 0.0886. The number of carbonyl (C=O) groups is 5. The van der Waals surface area contributed by atoms with Gasteiger partial charge in [-0.15, -0.1) is 11.3 Å². The van der Waals surface area contributed by atoms with Crippen LogP contribution in [0.4, 0.5) is 0 Å². The van der Waals surface area contributed by atoms with Gasteiger partial charge in [-0.2, -0.15) is 0 Å². The number of carboxylic acid groups (broad SMARTS) is 1. The van der Waals surface area contributed by atoms with E-state index in [1.807, 2.05) is 70.0 Å². The van der Waals surface area contributed by atoms with Crippen molar-refractivity contribution >= 4 is 41.0 Å². The van der Waals surface area contributed by atoms with Crippen LogP contribution < -0.4 is 16.0 Å². The summed E-state index contributed by atoms with van der Waals surface area (Å²) < 4.78 is 5.73. The van der Waals surface area contributed by atoms with Crippen molar-refractivity contribution in [1.29, 1.82) is 0 Å². The Morgan fingerprint density at radius 3 is 2.37 bits per heavy atom. The third-order valence-electron chi connectivity index (χ3n) is 9.64. The summed E-state index contributed by atoms with van der Waals surface area (Å²) in [5.74, 6) is -3.49. The summed E-state index contributed by atoms with van der Waals surface area (Å²) in [4.78, 5) is 71.3. The predicted octanol–water partition coefficient (Wildman–Crippen LogP) is 4.91. The molecule has 0 spiro atoms. The van der Waals surface area contributed by atoms with Crippen molar-refractivity contribution in [3.05, 3.63) is 64.6 Å². The van der Waals surface area contributed by atoms with Crippen LogP contribution in [0.2, 0.25) is 0 Å². The number of nitrogens with one attached hydrogen (secondary N) is 3. The van der Waals surface area contributed by atoms with Crippen molar-refractivity contribution in [2.75, 3.05) is 13.6 Å². The highest BCUT2D eigenvalue weighted by molar-refractivity contribution is 7.09. The second-order valence-corrected chi connectivity index (χ2v) is 14.9. The van der Waals surface area contributed by atoms with E-state index in [0.717, 1.165) is 48.8 Å². The van der Waals surface area contributed by atoms with Crippen LogP contribution in [0.3, 0.4) is 0 Å². The maximum atomic E-state index is 13.8. The van der Waals surface area contributed by atoms with Crippen LogP contribution in [-0.2, 0) is 30.3 Å². The largest absolute Gasteiger partial charge is 0.481 e. The van der Waals surface area contributed by atoms with Gasteiger partial charge >= 0.3 is 11.9 Å².